The molecule has 1 aromatic heterocycles. The van der Waals surface area contributed by atoms with Gasteiger partial charge in [-0.25, -0.2) is 0 Å². The normalized spacial score (nSPS) is 22.8. The van der Waals surface area contributed by atoms with Crippen LogP contribution in [0.15, 0.2) is 10.8 Å². The molecule has 0 bridgehead atoms. The first-order valence-electron chi connectivity index (χ1n) is 4.75. The van der Waals surface area contributed by atoms with Gasteiger partial charge in [-0.1, -0.05) is 25.9 Å². The van der Waals surface area contributed by atoms with E-state index >= 15 is 0 Å². The molecule has 1 N–H and O–H groups in total. The van der Waals surface area contributed by atoms with E-state index in [-0.39, 0.29) is 5.41 Å². The molecule has 13 heavy (non-hydrogen) atoms. The molecule has 2 heterocycles. The molecule has 1 aliphatic rings. The maximum atomic E-state index is 5.00. The molecule has 0 fully saturated rings. The van der Waals surface area contributed by atoms with E-state index in [0.717, 1.165) is 18.7 Å². The highest BCUT2D eigenvalue weighted by Gasteiger charge is 2.32. The van der Waals surface area contributed by atoms with Gasteiger partial charge in [-0.3, -0.25) is 0 Å². The summed E-state index contributed by atoms with van der Waals surface area (Å²) in [5.74, 6) is 0. The van der Waals surface area contributed by atoms with Crippen molar-refractivity contribution in [2.75, 3.05) is 6.54 Å². The fraction of sp³-hybridized carbons (Fsp3) is 0.700. The largest absolute Gasteiger partial charge is 0.364 e. The fourth-order valence-corrected chi connectivity index (χ4v) is 1.86. The summed E-state index contributed by atoms with van der Waals surface area (Å²) in [6.45, 7) is 7.67. The van der Waals surface area contributed by atoms with E-state index in [1.807, 2.05) is 0 Å². The van der Waals surface area contributed by atoms with E-state index in [1.54, 1.807) is 6.26 Å². The van der Waals surface area contributed by atoms with Crippen molar-refractivity contribution in [3.63, 3.8) is 0 Å². The second-order valence-corrected chi connectivity index (χ2v) is 4.73. The summed E-state index contributed by atoms with van der Waals surface area (Å²) in [6, 6.07) is 0.329. The Morgan fingerprint density at radius 3 is 3.00 bits per heavy atom. The standard InChI is InChI=1S/C10H16N2O/c1-10(2,3)9-8-7(4-5-11-9)6-13-12-8/h6,9,11H,4-5H2,1-3H3. The Bertz CT molecular complexity index is 298. The molecule has 0 spiro atoms. The Morgan fingerprint density at radius 2 is 2.31 bits per heavy atom. The predicted octanol–water partition coefficient (Wildman–Crippen LogP) is 1.91. The van der Waals surface area contributed by atoms with Gasteiger partial charge in [0.25, 0.3) is 0 Å². The van der Waals surface area contributed by atoms with E-state index in [0.29, 0.717) is 6.04 Å². The van der Waals surface area contributed by atoms with Gasteiger partial charge < -0.3 is 9.84 Å². The van der Waals surface area contributed by atoms with Crippen LogP contribution >= 0.6 is 0 Å². The van der Waals surface area contributed by atoms with Crippen molar-refractivity contribution in [3.8, 4) is 0 Å². The molecule has 72 valence electrons. The lowest BCUT2D eigenvalue weighted by molar-refractivity contribution is 0.251. The molecular weight excluding hydrogens is 164 g/mol. The molecule has 0 radical (unpaired) electrons. The van der Waals surface area contributed by atoms with Gasteiger partial charge >= 0.3 is 0 Å². The number of fused-ring (bicyclic) bond motifs is 1. The van der Waals surface area contributed by atoms with Gasteiger partial charge in [0.1, 0.15) is 12.0 Å². The van der Waals surface area contributed by atoms with Crippen molar-refractivity contribution in [2.24, 2.45) is 5.41 Å². The minimum Gasteiger partial charge on any atom is -0.364 e. The molecule has 1 aromatic rings. The van der Waals surface area contributed by atoms with Crippen molar-refractivity contribution in [2.45, 2.75) is 33.2 Å². The van der Waals surface area contributed by atoms with Crippen LogP contribution < -0.4 is 5.32 Å². The smallest absolute Gasteiger partial charge is 0.127 e. The van der Waals surface area contributed by atoms with Gasteiger partial charge in [0.15, 0.2) is 0 Å². The number of nitrogens with one attached hydrogen (secondary N) is 1. The number of hydrogen-bond donors (Lipinski definition) is 1. The first-order valence-corrected chi connectivity index (χ1v) is 4.75. The first kappa shape index (κ1) is 8.75. The van der Waals surface area contributed by atoms with Crippen molar-refractivity contribution in [1.82, 2.24) is 10.5 Å². The topological polar surface area (TPSA) is 38.1 Å². The average Bonchev–Trinajstić information content (AvgIpc) is 2.48. The molecule has 0 aliphatic carbocycles. The second-order valence-electron chi connectivity index (χ2n) is 4.73. The Morgan fingerprint density at radius 1 is 1.54 bits per heavy atom. The van der Waals surface area contributed by atoms with Crippen LogP contribution in [0, 0.1) is 5.41 Å². The van der Waals surface area contributed by atoms with E-state index in [2.05, 4.69) is 31.2 Å². The fourth-order valence-electron chi connectivity index (χ4n) is 1.86. The molecule has 0 saturated heterocycles. The maximum absolute atomic E-state index is 5.00. The van der Waals surface area contributed by atoms with Crippen molar-refractivity contribution in [3.05, 3.63) is 17.5 Å². The van der Waals surface area contributed by atoms with Crippen LogP contribution in [0.1, 0.15) is 38.1 Å². The van der Waals surface area contributed by atoms with Gasteiger partial charge in [0.05, 0.1) is 6.04 Å². The molecule has 2 rings (SSSR count). The van der Waals surface area contributed by atoms with E-state index in [4.69, 9.17) is 4.52 Å². The number of nitrogens with zero attached hydrogens (tertiary/aromatic N) is 1. The van der Waals surface area contributed by atoms with Crippen LogP contribution in [0.5, 0.6) is 0 Å². The van der Waals surface area contributed by atoms with Gasteiger partial charge in [-0.15, -0.1) is 0 Å². The van der Waals surface area contributed by atoms with E-state index in [9.17, 15) is 0 Å². The second kappa shape index (κ2) is 2.84. The zero-order chi connectivity index (χ0) is 9.47. The quantitative estimate of drug-likeness (QED) is 0.662. The molecule has 0 amide bonds. The third kappa shape index (κ3) is 1.48. The van der Waals surface area contributed by atoms with Crippen LogP contribution in [-0.2, 0) is 6.42 Å². The Hall–Kier alpha value is -0.830. The average molecular weight is 180 g/mol. The number of aromatic nitrogens is 1. The van der Waals surface area contributed by atoms with Gasteiger partial charge in [0, 0.05) is 12.1 Å². The van der Waals surface area contributed by atoms with Crippen molar-refractivity contribution < 1.29 is 4.52 Å². The van der Waals surface area contributed by atoms with Crippen LogP contribution in [-0.4, -0.2) is 11.7 Å². The van der Waals surface area contributed by atoms with Crippen LogP contribution in [0.3, 0.4) is 0 Å². The lowest BCUT2D eigenvalue weighted by Gasteiger charge is -2.33. The van der Waals surface area contributed by atoms with Crippen LogP contribution in [0.25, 0.3) is 0 Å². The molecule has 1 unspecified atom stereocenters. The third-order valence-corrected chi connectivity index (χ3v) is 2.56. The zero-order valence-electron chi connectivity index (χ0n) is 8.42. The summed E-state index contributed by atoms with van der Waals surface area (Å²) in [6.07, 6.45) is 2.81. The summed E-state index contributed by atoms with van der Waals surface area (Å²) >= 11 is 0. The van der Waals surface area contributed by atoms with Gasteiger partial charge in [-0.05, 0) is 11.8 Å². The summed E-state index contributed by atoms with van der Waals surface area (Å²) in [5, 5.41) is 7.55. The molecular formula is C10H16N2O. The minimum atomic E-state index is 0.200. The predicted molar refractivity (Wildman–Crippen MR) is 50.4 cm³/mol. The SMILES string of the molecule is CC(C)(C)C1NCCc2conc21. The highest BCUT2D eigenvalue weighted by Crippen LogP contribution is 2.35. The Kier molecular flexibility index (Phi) is 1.91. The molecule has 0 saturated carbocycles. The molecule has 1 atom stereocenters. The van der Waals surface area contributed by atoms with Gasteiger partial charge in [-0.2, -0.15) is 0 Å². The molecule has 3 nitrogen and oxygen atoms in total. The van der Waals surface area contributed by atoms with E-state index in [1.165, 1.54) is 5.56 Å². The lowest BCUT2D eigenvalue weighted by Crippen LogP contribution is -2.37. The number of rotatable bonds is 0. The van der Waals surface area contributed by atoms with Crippen molar-refractivity contribution in [1.29, 1.82) is 0 Å². The molecule has 0 aromatic carbocycles. The lowest BCUT2D eigenvalue weighted by atomic mass is 9.81. The minimum absolute atomic E-state index is 0.200. The molecule has 1 aliphatic heterocycles. The monoisotopic (exact) mass is 180 g/mol. The van der Waals surface area contributed by atoms with Crippen molar-refractivity contribution >= 4 is 0 Å². The summed E-state index contributed by atoms with van der Waals surface area (Å²) in [4.78, 5) is 0. The van der Waals surface area contributed by atoms with Crippen LogP contribution in [0.2, 0.25) is 0 Å². The maximum Gasteiger partial charge on any atom is 0.127 e. The highest BCUT2D eigenvalue weighted by molar-refractivity contribution is 5.23. The Labute approximate surface area is 78.5 Å². The number of hydrogen-bond acceptors (Lipinski definition) is 3. The first-order chi connectivity index (χ1) is 6.09. The summed E-state index contributed by atoms with van der Waals surface area (Å²) < 4.78 is 5.00. The Balaban J connectivity index is 2.35. The van der Waals surface area contributed by atoms with E-state index < -0.39 is 0 Å². The van der Waals surface area contributed by atoms with Gasteiger partial charge in [0.2, 0.25) is 0 Å². The zero-order valence-corrected chi connectivity index (χ0v) is 8.42. The summed E-state index contributed by atoms with van der Waals surface area (Å²) in [7, 11) is 0. The van der Waals surface area contributed by atoms with Crippen LogP contribution in [0.4, 0.5) is 0 Å². The highest BCUT2D eigenvalue weighted by atomic mass is 16.5. The summed E-state index contributed by atoms with van der Waals surface area (Å²) in [5.41, 5.74) is 2.56. The molecule has 3 heteroatoms. The third-order valence-electron chi connectivity index (χ3n) is 2.56.